The van der Waals surface area contributed by atoms with Crippen molar-refractivity contribution in [3.63, 3.8) is 0 Å². The minimum atomic E-state index is 0.274. The third-order valence-electron chi connectivity index (χ3n) is 14.5. The molecule has 0 amide bonds. The zero-order valence-electron chi connectivity index (χ0n) is 34.6. The Hall–Kier alpha value is -5.60. The molecule has 4 atom stereocenters. The molecule has 0 radical (unpaired) electrons. The summed E-state index contributed by atoms with van der Waals surface area (Å²) in [5.74, 6) is 0.935. The first-order chi connectivity index (χ1) is 29.2. The lowest BCUT2D eigenvalue weighted by Gasteiger charge is -2.31. The highest BCUT2D eigenvalue weighted by Crippen LogP contribution is 2.49. The molecule has 294 valence electrons. The quantitative estimate of drug-likeness (QED) is 0.153. The monoisotopic (exact) mass is 768 g/mol. The van der Waals surface area contributed by atoms with E-state index in [0.717, 1.165) is 51.4 Å². The second-order valence-corrected chi connectivity index (χ2v) is 17.8. The van der Waals surface area contributed by atoms with E-state index in [4.69, 9.17) is 0 Å². The second kappa shape index (κ2) is 15.5. The summed E-state index contributed by atoms with van der Waals surface area (Å²) in [7, 11) is 0. The zero-order valence-corrected chi connectivity index (χ0v) is 34.6. The van der Waals surface area contributed by atoms with Gasteiger partial charge in [-0.15, -0.1) is 0 Å². The normalized spacial score (nSPS) is 23.2. The fourth-order valence-corrected chi connectivity index (χ4v) is 11.6. The van der Waals surface area contributed by atoms with Gasteiger partial charge < -0.3 is 9.13 Å². The zero-order chi connectivity index (χ0) is 39.3. The lowest BCUT2D eigenvalue weighted by atomic mass is 9.84. The summed E-state index contributed by atoms with van der Waals surface area (Å²) in [5.41, 5.74) is 17.3. The van der Waals surface area contributed by atoms with Gasteiger partial charge in [0, 0.05) is 44.9 Å². The van der Waals surface area contributed by atoms with Crippen LogP contribution in [-0.2, 0) is 6.42 Å². The van der Waals surface area contributed by atoms with Crippen molar-refractivity contribution < 1.29 is 0 Å². The molecule has 3 unspecified atom stereocenters. The molecule has 11 rings (SSSR count). The molecule has 0 bridgehead atoms. The molecule has 0 fully saturated rings. The Morgan fingerprint density at radius 3 is 2.39 bits per heavy atom. The molecule has 2 heteroatoms. The minimum Gasteiger partial charge on any atom is -0.337 e. The Kier molecular flexibility index (Phi) is 9.60. The van der Waals surface area contributed by atoms with E-state index in [9.17, 15) is 0 Å². The van der Waals surface area contributed by atoms with Crippen LogP contribution in [0.3, 0.4) is 0 Å². The van der Waals surface area contributed by atoms with Crippen LogP contribution in [-0.4, -0.2) is 9.13 Å². The lowest BCUT2D eigenvalue weighted by molar-refractivity contribution is 0.304. The molecular weight excluding hydrogens is 713 g/mol. The topological polar surface area (TPSA) is 9.86 Å². The van der Waals surface area contributed by atoms with E-state index >= 15 is 0 Å². The number of para-hydroxylation sites is 2. The van der Waals surface area contributed by atoms with Gasteiger partial charge in [0.25, 0.3) is 0 Å². The number of fused-ring (bicyclic) bond motifs is 6. The highest BCUT2D eigenvalue weighted by Gasteiger charge is 2.34. The molecule has 59 heavy (non-hydrogen) atoms. The lowest BCUT2D eigenvalue weighted by Crippen LogP contribution is -2.22. The van der Waals surface area contributed by atoms with E-state index in [1.54, 1.807) is 5.57 Å². The number of aryl methyl sites for hydroxylation is 1. The smallest absolute Gasteiger partial charge is 0.0570 e. The molecule has 0 N–H and O–H groups in total. The largest absolute Gasteiger partial charge is 0.337 e. The number of allylic oxidation sites excluding steroid dienone is 13. The number of hydrogen-bond acceptors (Lipinski definition) is 0. The van der Waals surface area contributed by atoms with Crippen LogP contribution in [0.1, 0.15) is 112 Å². The Morgan fingerprint density at radius 1 is 0.661 bits per heavy atom. The summed E-state index contributed by atoms with van der Waals surface area (Å²) >= 11 is 0. The van der Waals surface area contributed by atoms with Gasteiger partial charge in [0.2, 0.25) is 0 Å². The standard InChI is InChI=1S/C57H56N2/c1-2-39-34-45(41-20-8-4-9-21-41)35-46(42-22-10-5-11-23-42)38-55(39)59-54-31-15-13-27-50(54)52-29-17-28-48(57(52)59)44-32-33-51-49-26-12-14-30-53(49)58(56(51)37-44)47-25-16-24-43(36-47)40-18-6-3-7-19-40/h4-5,8-10,12,14-18,20-22,24,26,28-33,35-37,39,45,47,55H,2-3,6-7,11,13,19,23,25,27,34,38H2,1H3/t39-,45?,47?,55?/m0/s1. The van der Waals surface area contributed by atoms with Crippen molar-refractivity contribution in [1.82, 2.24) is 9.13 Å². The molecule has 4 aromatic carbocycles. The summed E-state index contributed by atoms with van der Waals surface area (Å²) < 4.78 is 5.53. The first kappa shape index (κ1) is 36.5. The highest BCUT2D eigenvalue weighted by molar-refractivity contribution is 6.10. The van der Waals surface area contributed by atoms with Crippen molar-refractivity contribution in [3.05, 3.63) is 185 Å². The van der Waals surface area contributed by atoms with Crippen molar-refractivity contribution in [2.75, 3.05) is 0 Å². The van der Waals surface area contributed by atoms with Gasteiger partial charge in [0.05, 0.1) is 17.1 Å². The molecule has 6 aromatic rings. The van der Waals surface area contributed by atoms with E-state index < -0.39 is 0 Å². The maximum atomic E-state index is 2.86. The number of rotatable bonds is 7. The molecule has 2 nitrogen and oxygen atoms in total. The minimum absolute atomic E-state index is 0.274. The molecule has 0 saturated heterocycles. The van der Waals surface area contributed by atoms with Gasteiger partial charge >= 0.3 is 0 Å². The maximum absolute atomic E-state index is 2.86. The van der Waals surface area contributed by atoms with Gasteiger partial charge in [-0.05, 0) is 134 Å². The second-order valence-electron chi connectivity index (χ2n) is 17.8. The Morgan fingerprint density at radius 2 is 1.53 bits per heavy atom. The molecule has 2 heterocycles. The molecule has 0 spiro atoms. The fourth-order valence-electron chi connectivity index (χ4n) is 11.6. The van der Waals surface area contributed by atoms with Gasteiger partial charge in [-0.3, -0.25) is 0 Å². The Bertz CT molecular complexity index is 2800. The molecule has 5 aliphatic carbocycles. The van der Waals surface area contributed by atoms with Crippen LogP contribution < -0.4 is 0 Å². The van der Waals surface area contributed by atoms with E-state index in [1.165, 1.54) is 103 Å². The Balaban J connectivity index is 1.10. The van der Waals surface area contributed by atoms with Crippen molar-refractivity contribution in [3.8, 4) is 11.1 Å². The third-order valence-corrected chi connectivity index (χ3v) is 14.5. The van der Waals surface area contributed by atoms with E-state index in [2.05, 4.69) is 168 Å². The number of benzene rings is 4. The summed E-state index contributed by atoms with van der Waals surface area (Å²) in [6.07, 6.45) is 38.4. The predicted molar refractivity (Wildman–Crippen MR) is 251 cm³/mol. The van der Waals surface area contributed by atoms with Gasteiger partial charge in [0.1, 0.15) is 0 Å². The first-order valence-electron chi connectivity index (χ1n) is 22.8. The molecule has 0 saturated carbocycles. The van der Waals surface area contributed by atoms with Crippen LogP contribution in [0.4, 0.5) is 0 Å². The van der Waals surface area contributed by atoms with E-state index in [0.29, 0.717) is 17.9 Å². The van der Waals surface area contributed by atoms with Gasteiger partial charge in [-0.1, -0.05) is 147 Å². The molecular formula is C57H56N2. The maximum Gasteiger partial charge on any atom is 0.0570 e. The van der Waals surface area contributed by atoms with E-state index in [1.807, 2.05) is 0 Å². The third kappa shape index (κ3) is 6.47. The first-order valence-corrected chi connectivity index (χ1v) is 22.8. The van der Waals surface area contributed by atoms with Crippen LogP contribution in [0.5, 0.6) is 0 Å². The van der Waals surface area contributed by atoms with Crippen LogP contribution in [0.2, 0.25) is 0 Å². The van der Waals surface area contributed by atoms with Crippen molar-refractivity contribution in [2.24, 2.45) is 5.92 Å². The van der Waals surface area contributed by atoms with Crippen LogP contribution in [0.25, 0.3) is 49.9 Å². The van der Waals surface area contributed by atoms with Crippen LogP contribution >= 0.6 is 0 Å². The molecule has 0 aliphatic heterocycles. The van der Waals surface area contributed by atoms with Crippen molar-refractivity contribution >= 4 is 38.8 Å². The van der Waals surface area contributed by atoms with Gasteiger partial charge in [-0.25, -0.2) is 0 Å². The SMILES string of the molecule is CC[C@H]1CC(c2ccccc2)C=C(C2=CC=CCC2)CC1n1c2c(c3cccc(-c4ccc5c6ccccc6n(C6C=C(C7=CCCCC7)C=CC6)c5c4)c31)CCC=C2. The summed E-state index contributed by atoms with van der Waals surface area (Å²) in [6, 6.07) is 35.7. The average Bonchev–Trinajstić information content (AvgIpc) is 3.74. The highest BCUT2D eigenvalue weighted by atomic mass is 15.0. The molecule has 2 aromatic heterocycles. The summed E-state index contributed by atoms with van der Waals surface area (Å²) in [5, 5.41) is 4.14. The van der Waals surface area contributed by atoms with Gasteiger partial charge in [0.15, 0.2) is 0 Å². The fraction of sp³-hybridized carbons (Fsp3) is 0.298. The number of hydrogen-bond donors (Lipinski definition) is 0. The average molecular weight is 769 g/mol. The summed E-state index contributed by atoms with van der Waals surface area (Å²) in [4.78, 5) is 0. The van der Waals surface area contributed by atoms with E-state index in [-0.39, 0.29) is 6.04 Å². The van der Waals surface area contributed by atoms with Gasteiger partial charge in [-0.2, -0.15) is 0 Å². The Labute approximate surface area is 350 Å². The number of aromatic nitrogens is 2. The van der Waals surface area contributed by atoms with Crippen LogP contribution in [0.15, 0.2) is 168 Å². The van der Waals surface area contributed by atoms with Crippen molar-refractivity contribution in [1.29, 1.82) is 0 Å². The molecule has 5 aliphatic rings. The summed E-state index contributed by atoms with van der Waals surface area (Å²) in [6.45, 7) is 2.44. The van der Waals surface area contributed by atoms with Crippen molar-refractivity contribution in [2.45, 2.75) is 102 Å². The number of nitrogens with zero attached hydrogens (tertiary/aromatic N) is 2. The predicted octanol–water partition coefficient (Wildman–Crippen LogP) is 15.7. The van der Waals surface area contributed by atoms with Crippen LogP contribution in [0, 0.1) is 5.92 Å².